The largest absolute Gasteiger partial charge is 0.492 e. The van der Waals surface area contributed by atoms with Crippen LogP contribution in [0.2, 0.25) is 5.02 Å². The Morgan fingerprint density at radius 3 is 2.60 bits per heavy atom. The first-order chi connectivity index (χ1) is 9.63. The maximum Gasteiger partial charge on any atom is 0.144 e. The van der Waals surface area contributed by atoms with Gasteiger partial charge in [0.15, 0.2) is 0 Å². The van der Waals surface area contributed by atoms with Crippen molar-refractivity contribution in [2.45, 2.75) is 13.5 Å². The van der Waals surface area contributed by atoms with Crippen LogP contribution in [0.15, 0.2) is 42.5 Å². The van der Waals surface area contributed by atoms with Gasteiger partial charge >= 0.3 is 0 Å². The lowest BCUT2D eigenvalue weighted by Crippen LogP contribution is -2.18. The molecular formula is C16H19ClN2O. The minimum atomic E-state index is 0.599. The predicted octanol–water partition coefficient (Wildman–Crippen LogP) is 3.96. The molecule has 20 heavy (non-hydrogen) atoms. The van der Waals surface area contributed by atoms with Gasteiger partial charge in [0.05, 0.1) is 18.0 Å². The van der Waals surface area contributed by atoms with Crippen LogP contribution >= 0.6 is 11.6 Å². The zero-order valence-corrected chi connectivity index (χ0v) is 12.5. The monoisotopic (exact) mass is 290 g/mol. The first kappa shape index (κ1) is 14.5. The van der Waals surface area contributed by atoms with Crippen molar-refractivity contribution in [3.8, 4) is 5.75 Å². The molecule has 0 atom stereocenters. The summed E-state index contributed by atoms with van der Waals surface area (Å²) in [4.78, 5) is 2.07. The summed E-state index contributed by atoms with van der Waals surface area (Å²) in [6.07, 6.45) is 0. The van der Waals surface area contributed by atoms with Crippen LogP contribution in [-0.2, 0) is 6.54 Å². The first-order valence-electron chi connectivity index (χ1n) is 6.59. The number of hydrogen-bond acceptors (Lipinski definition) is 3. The molecule has 106 valence electrons. The van der Waals surface area contributed by atoms with Gasteiger partial charge in [-0.25, -0.2) is 0 Å². The minimum Gasteiger partial charge on any atom is -0.492 e. The number of para-hydroxylation sites is 1. The number of ether oxygens (including phenoxy) is 1. The van der Waals surface area contributed by atoms with Crippen LogP contribution in [0.25, 0.3) is 0 Å². The number of halogens is 1. The molecule has 0 unspecified atom stereocenters. The van der Waals surface area contributed by atoms with Gasteiger partial charge < -0.3 is 15.4 Å². The molecule has 0 amide bonds. The molecule has 0 saturated carbocycles. The topological polar surface area (TPSA) is 38.5 Å². The Hall–Kier alpha value is -1.87. The summed E-state index contributed by atoms with van der Waals surface area (Å²) in [5.41, 5.74) is 8.83. The van der Waals surface area contributed by atoms with Crippen molar-refractivity contribution in [1.82, 2.24) is 0 Å². The fourth-order valence-electron chi connectivity index (χ4n) is 2.11. The summed E-state index contributed by atoms with van der Waals surface area (Å²) in [7, 11) is 1.99. The van der Waals surface area contributed by atoms with Gasteiger partial charge in [0.1, 0.15) is 5.75 Å². The molecule has 0 heterocycles. The van der Waals surface area contributed by atoms with Gasteiger partial charge in [-0.2, -0.15) is 0 Å². The van der Waals surface area contributed by atoms with Crippen molar-refractivity contribution >= 4 is 23.0 Å². The lowest BCUT2D eigenvalue weighted by molar-refractivity contribution is 0.342. The number of nitrogens with zero attached hydrogens (tertiary/aromatic N) is 1. The van der Waals surface area contributed by atoms with Crippen LogP contribution in [0.3, 0.4) is 0 Å². The van der Waals surface area contributed by atoms with Crippen LogP contribution in [0.5, 0.6) is 5.75 Å². The van der Waals surface area contributed by atoms with Crippen molar-refractivity contribution in [2.24, 2.45) is 0 Å². The van der Waals surface area contributed by atoms with Crippen molar-refractivity contribution in [3.63, 3.8) is 0 Å². The van der Waals surface area contributed by atoms with Crippen LogP contribution in [0.4, 0.5) is 11.4 Å². The lowest BCUT2D eigenvalue weighted by Gasteiger charge is -2.23. The molecule has 2 rings (SSSR count). The molecule has 4 heteroatoms. The van der Waals surface area contributed by atoms with E-state index in [-0.39, 0.29) is 0 Å². The predicted molar refractivity (Wildman–Crippen MR) is 85.6 cm³/mol. The average molecular weight is 291 g/mol. The van der Waals surface area contributed by atoms with E-state index in [0.29, 0.717) is 18.8 Å². The molecule has 2 aromatic carbocycles. The smallest absolute Gasteiger partial charge is 0.144 e. The van der Waals surface area contributed by atoms with E-state index in [0.717, 1.165) is 22.0 Å². The summed E-state index contributed by atoms with van der Waals surface area (Å²) in [5, 5.41) is 0.763. The van der Waals surface area contributed by atoms with Crippen LogP contribution in [0, 0.1) is 0 Å². The molecule has 3 nitrogen and oxygen atoms in total. The average Bonchev–Trinajstić information content (AvgIpc) is 2.44. The normalized spacial score (nSPS) is 10.3. The molecule has 0 aromatic heterocycles. The number of nitrogens with two attached hydrogens (primary N) is 1. The van der Waals surface area contributed by atoms with E-state index >= 15 is 0 Å². The summed E-state index contributed by atoms with van der Waals surface area (Å²) in [6.45, 7) is 3.24. The second-order valence-corrected chi connectivity index (χ2v) is 4.98. The van der Waals surface area contributed by atoms with E-state index in [1.54, 1.807) is 0 Å². The van der Waals surface area contributed by atoms with Gasteiger partial charge in [0.25, 0.3) is 0 Å². The first-order valence-corrected chi connectivity index (χ1v) is 6.97. The minimum absolute atomic E-state index is 0.599. The molecular weight excluding hydrogens is 272 g/mol. The number of benzene rings is 2. The van der Waals surface area contributed by atoms with E-state index < -0.39 is 0 Å². The zero-order chi connectivity index (χ0) is 14.5. The standard InChI is InChI=1S/C16H19ClN2O/c1-3-20-15-10-6-9-14(16(15)18)19(2)11-12-7-4-5-8-13(12)17/h4-10H,3,11,18H2,1-2H3. The van der Waals surface area contributed by atoms with Gasteiger partial charge in [0, 0.05) is 18.6 Å². The van der Waals surface area contributed by atoms with E-state index in [1.165, 1.54) is 0 Å². The Bertz CT molecular complexity index is 586. The van der Waals surface area contributed by atoms with Crippen molar-refractivity contribution in [3.05, 3.63) is 53.1 Å². The van der Waals surface area contributed by atoms with E-state index in [2.05, 4.69) is 4.90 Å². The Balaban J connectivity index is 2.23. The summed E-state index contributed by atoms with van der Waals surface area (Å²) in [6, 6.07) is 13.6. The Kier molecular flexibility index (Phi) is 4.74. The summed E-state index contributed by atoms with van der Waals surface area (Å²) in [5.74, 6) is 0.719. The van der Waals surface area contributed by atoms with Gasteiger partial charge in [-0.05, 0) is 30.7 Å². The molecule has 0 aliphatic heterocycles. The van der Waals surface area contributed by atoms with Crippen LogP contribution in [0.1, 0.15) is 12.5 Å². The molecule has 2 aromatic rings. The number of rotatable bonds is 5. The molecule has 0 saturated heterocycles. The van der Waals surface area contributed by atoms with Gasteiger partial charge in [0.2, 0.25) is 0 Å². The molecule has 0 aliphatic carbocycles. The van der Waals surface area contributed by atoms with Crippen molar-refractivity contribution in [1.29, 1.82) is 0 Å². The molecule has 0 spiro atoms. The summed E-state index contributed by atoms with van der Waals surface area (Å²) < 4.78 is 5.52. The van der Waals surface area contributed by atoms with E-state index in [1.807, 2.05) is 56.4 Å². The fourth-order valence-corrected chi connectivity index (χ4v) is 2.31. The third-order valence-electron chi connectivity index (χ3n) is 3.12. The molecule has 2 N–H and O–H groups in total. The third kappa shape index (κ3) is 3.17. The highest BCUT2D eigenvalue weighted by Gasteiger charge is 2.11. The molecule has 0 fully saturated rings. The Labute approximate surface area is 124 Å². The Morgan fingerprint density at radius 1 is 1.15 bits per heavy atom. The number of nitrogen functional groups attached to an aromatic ring is 1. The number of hydrogen-bond donors (Lipinski definition) is 1. The third-order valence-corrected chi connectivity index (χ3v) is 3.49. The molecule has 0 bridgehead atoms. The maximum absolute atomic E-state index is 6.19. The van der Waals surface area contributed by atoms with Gasteiger partial charge in [-0.15, -0.1) is 0 Å². The second-order valence-electron chi connectivity index (χ2n) is 4.57. The second kappa shape index (κ2) is 6.53. The molecule has 0 radical (unpaired) electrons. The van der Waals surface area contributed by atoms with E-state index in [9.17, 15) is 0 Å². The van der Waals surface area contributed by atoms with Gasteiger partial charge in [-0.3, -0.25) is 0 Å². The number of anilines is 2. The summed E-state index contributed by atoms with van der Waals surface area (Å²) >= 11 is 6.19. The lowest BCUT2D eigenvalue weighted by atomic mass is 10.2. The quantitative estimate of drug-likeness (QED) is 0.847. The Morgan fingerprint density at radius 2 is 1.90 bits per heavy atom. The maximum atomic E-state index is 6.19. The highest BCUT2D eigenvalue weighted by Crippen LogP contribution is 2.32. The SMILES string of the molecule is CCOc1cccc(N(C)Cc2ccccc2Cl)c1N. The highest BCUT2D eigenvalue weighted by molar-refractivity contribution is 6.31. The fraction of sp³-hybridized carbons (Fsp3) is 0.250. The van der Waals surface area contributed by atoms with Crippen molar-refractivity contribution in [2.75, 3.05) is 24.3 Å². The van der Waals surface area contributed by atoms with E-state index in [4.69, 9.17) is 22.1 Å². The molecule has 0 aliphatic rings. The zero-order valence-electron chi connectivity index (χ0n) is 11.8. The van der Waals surface area contributed by atoms with Crippen LogP contribution in [-0.4, -0.2) is 13.7 Å². The van der Waals surface area contributed by atoms with Crippen molar-refractivity contribution < 1.29 is 4.74 Å². The highest BCUT2D eigenvalue weighted by atomic mass is 35.5. The van der Waals surface area contributed by atoms with Gasteiger partial charge in [-0.1, -0.05) is 35.9 Å². The van der Waals surface area contributed by atoms with Crippen LogP contribution < -0.4 is 15.4 Å².